The van der Waals surface area contributed by atoms with Gasteiger partial charge in [0.15, 0.2) is 5.82 Å². The molecule has 194 valence electrons. The Labute approximate surface area is 204 Å². The first-order chi connectivity index (χ1) is 15.9. The number of anilines is 1. The molecule has 4 N–H and O–H groups in total. The normalized spacial score (nSPS) is 15.2. The van der Waals surface area contributed by atoms with E-state index in [1.807, 2.05) is 0 Å². The maximum absolute atomic E-state index is 13.4. The summed E-state index contributed by atoms with van der Waals surface area (Å²) in [4.78, 5) is 21.4. The highest BCUT2D eigenvalue weighted by Gasteiger charge is 2.36. The van der Waals surface area contributed by atoms with Crippen LogP contribution >= 0.6 is 0 Å². The molecule has 2 unspecified atom stereocenters. The van der Waals surface area contributed by atoms with E-state index in [9.17, 15) is 26.4 Å². The minimum atomic E-state index is -4.70. The lowest BCUT2D eigenvalue weighted by Gasteiger charge is -2.14. The predicted molar refractivity (Wildman–Crippen MR) is 131 cm³/mol. The lowest BCUT2D eigenvalue weighted by atomic mass is 10.3. The van der Waals surface area contributed by atoms with Gasteiger partial charge in [0.25, 0.3) is 5.56 Å². The molecule has 1 aliphatic rings. The van der Waals surface area contributed by atoms with E-state index < -0.39 is 39.0 Å². The lowest BCUT2D eigenvalue weighted by Crippen LogP contribution is -2.28. The third-order valence-electron chi connectivity index (χ3n) is 5.33. The first-order valence-corrected chi connectivity index (χ1v) is 13.5. The smallest absolute Gasteiger partial charge is 0.412 e. The largest absolute Gasteiger partial charge is 0.431 e. The van der Waals surface area contributed by atoms with Gasteiger partial charge in [-0.1, -0.05) is 6.92 Å². The van der Waals surface area contributed by atoms with Crippen LogP contribution in [0.1, 0.15) is 32.4 Å². The van der Waals surface area contributed by atoms with E-state index in [0.29, 0.717) is 26.2 Å². The van der Waals surface area contributed by atoms with Crippen LogP contribution in [-0.2, 0) is 41.4 Å². The Morgan fingerprint density at radius 1 is 1.20 bits per heavy atom. The number of nitrogens with zero attached hydrogens (tertiary/aromatic N) is 4. The van der Waals surface area contributed by atoms with Crippen molar-refractivity contribution in [2.45, 2.75) is 49.6 Å². The first-order valence-electron chi connectivity index (χ1n) is 10.5. The SMILES string of the molecule is CCn1c(C(F)(F)F)cc2nc(-c3ncc(N)cc3S(=O)CC)n(C)c2c1=O.CS(=O)C1CC1.O. The minimum Gasteiger partial charge on any atom is -0.412 e. The highest BCUT2D eigenvalue weighted by molar-refractivity contribution is 7.85. The highest BCUT2D eigenvalue weighted by atomic mass is 32.2. The molecule has 35 heavy (non-hydrogen) atoms. The van der Waals surface area contributed by atoms with Crippen LogP contribution in [0.15, 0.2) is 28.0 Å². The van der Waals surface area contributed by atoms with Gasteiger partial charge in [0.1, 0.15) is 16.9 Å². The van der Waals surface area contributed by atoms with E-state index in [1.54, 1.807) is 13.2 Å². The van der Waals surface area contributed by atoms with Gasteiger partial charge >= 0.3 is 6.18 Å². The molecule has 0 spiro atoms. The highest BCUT2D eigenvalue weighted by Crippen LogP contribution is 2.32. The molecule has 14 heteroatoms. The van der Waals surface area contributed by atoms with E-state index in [4.69, 9.17) is 5.73 Å². The zero-order chi connectivity index (χ0) is 25.4. The number of alkyl halides is 3. The average Bonchev–Trinajstić information content (AvgIpc) is 3.57. The molecule has 3 heterocycles. The number of rotatable bonds is 5. The third-order valence-corrected chi connectivity index (χ3v) is 8.06. The summed E-state index contributed by atoms with van der Waals surface area (Å²) in [6, 6.07) is 2.34. The van der Waals surface area contributed by atoms with Gasteiger partial charge in [-0.15, -0.1) is 0 Å². The Morgan fingerprint density at radius 3 is 2.29 bits per heavy atom. The van der Waals surface area contributed by atoms with E-state index in [0.717, 1.165) is 6.07 Å². The summed E-state index contributed by atoms with van der Waals surface area (Å²) >= 11 is 0. The fraction of sp³-hybridized carbons (Fsp3) is 0.476. The molecule has 1 saturated carbocycles. The summed E-state index contributed by atoms with van der Waals surface area (Å²) in [6.45, 7) is 3.03. The Balaban J connectivity index is 0.000000539. The summed E-state index contributed by atoms with van der Waals surface area (Å²) in [5.41, 5.74) is 4.28. The molecule has 9 nitrogen and oxygen atoms in total. The average molecular weight is 536 g/mol. The molecule has 0 aliphatic heterocycles. The third kappa shape index (κ3) is 5.98. The Hall–Kier alpha value is -2.58. The zero-order valence-corrected chi connectivity index (χ0v) is 21.3. The van der Waals surface area contributed by atoms with Gasteiger partial charge in [-0.3, -0.25) is 13.2 Å². The second-order valence-electron chi connectivity index (χ2n) is 7.75. The van der Waals surface area contributed by atoms with Crippen molar-refractivity contribution in [3.8, 4) is 11.5 Å². The second kappa shape index (κ2) is 11.0. The van der Waals surface area contributed by atoms with Gasteiger partial charge in [-0.2, -0.15) is 13.2 Å². The summed E-state index contributed by atoms with van der Waals surface area (Å²) in [6.07, 6.45) is 0.815. The number of hydrogen-bond acceptors (Lipinski definition) is 6. The Bertz CT molecular complexity index is 1330. The van der Waals surface area contributed by atoms with Crippen molar-refractivity contribution >= 4 is 38.3 Å². The molecule has 3 aromatic rings. The molecule has 4 rings (SSSR count). The molecule has 0 radical (unpaired) electrons. The van der Waals surface area contributed by atoms with Gasteiger partial charge in [0.2, 0.25) is 0 Å². The van der Waals surface area contributed by atoms with Crippen LogP contribution in [-0.4, -0.2) is 50.3 Å². The van der Waals surface area contributed by atoms with Crippen LogP contribution in [0, 0.1) is 0 Å². The number of nitrogen functional groups attached to an aromatic ring is 1. The monoisotopic (exact) mass is 535 g/mol. The van der Waals surface area contributed by atoms with Crippen LogP contribution in [0.4, 0.5) is 18.9 Å². The number of hydrogen-bond donors (Lipinski definition) is 1. The standard InChI is InChI=1S/C17H18F3N5O2S.C4H8OS.H2O/c1-4-25-12(17(18,19)20)7-10-14(16(25)26)24(3)15(23-10)13-11(28(27)5-2)6-9(21)8-22-13;1-6(5)4-2-3-4;/h6-8H,4-5,21H2,1-3H3;4H,2-3H2,1H3;1H2. The number of aromatic nitrogens is 4. The van der Waals surface area contributed by atoms with Crippen molar-refractivity contribution in [2.75, 3.05) is 17.7 Å². The fourth-order valence-electron chi connectivity index (χ4n) is 3.44. The van der Waals surface area contributed by atoms with Crippen molar-refractivity contribution in [3.63, 3.8) is 0 Å². The van der Waals surface area contributed by atoms with Crippen molar-refractivity contribution in [1.82, 2.24) is 19.1 Å². The first kappa shape index (κ1) is 28.7. The lowest BCUT2D eigenvalue weighted by molar-refractivity contribution is -0.144. The zero-order valence-electron chi connectivity index (χ0n) is 19.7. The molecule has 0 amide bonds. The second-order valence-corrected chi connectivity index (χ2v) is 11.1. The number of imidazole rings is 1. The van der Waals surface area contributed by atoms with Crippen LogP contribution in [0.25, 0.3) is 22.6 Å². The molecule has 2 atom stereocenters. The molecule has 0 bridgehead atoms. The van der Waals surface area contributed by atoms with E-state index in [-0.39, 0.29) is 34.6 Å². The van der Waals surface area contributed by atoms with E-state index >= 15 is 0 Å². The van der Waals surface area contributed by atoms with Gasteiger partial charge in [-0.25, -0.2) is 9.97 Å². The quantitative estimate of drug-likeness (QED) is 0.531. The van der Waals surface area contributed by atoms with Crippen LogP contribution < -0.4 is 11.3 Å². The predicted octanol–water partition coefficient (Wildman–Crippen LogP) is 2.25. The van der Waals surface area contributed by atoms with Crippen LogP contribution in [0.3, 0.4) is 0 Å². The van der Waals surface area contributed by atoms with Crippen LogP contribution in [0.5, 0.6) is 0 Å². The molecular formula is C21H28F3N5O4S2. The minimum absolute atomic E-state index is 0. The van der Waals surface area contributed by atoms with Gasteiger partial charge in [0.05, 0.1) is 33.1 Å². The van der Waals surface area contributed by atoms with Crippen molar-refractivity contribution in [3.05, 3.63) is 34.4 Å². The van der Waals surface area contributed by atoms with Gasteiger partial charge < -0.3 is 20.3 Å². The summed E-state index contributed by atoms with van der Waals surface area (Å²) in [5.74, 6) is 0.439. The summed E-state index contributed by atoms with van der Waals surface area (Å²) in [7, 11) is -0.428. The van der Waals surface area contributed by atoms with Gasteiger partial charge in [-0.05, 0) is 31.9 Å². The summed E-state index contributed by atoms with van der Waals surface area (Å²) < 4.78 is 64.9. The molecular weight excluding hydrogens is 507 g/mol. The maximum atomic E-state index is 13.4. The maximum Gasteiger partial charge on any atom is 0.431 e. The van der Waals surface area contributed by atoms with Crippen molar-refractivity contribution in [1.29, 1.82) is 0 Å². The van der Waals surface area contributed by atoms with Crippen LogP contribution in [0.2, 0.25) is 0 Å². The molecule has 0 saturated heterocycles. The Kier molecular flexibility index (Phi) is 9.00. The number of nitrogens with two attached hydrogens (primary N) is 1. The van der Waals surface area contributed by atoms with E-state index in [1.165, 1.54) is 43.6 Å². The topological polar surface area (TPSA) is 144 Å². The summed E-state index contributed by atoms with van der Waals surface area (Å²) in [5, 5.41) is 0.574. The molecule has 1 fully saturated rings. The molecule has 3 aromatic heterocycles. The number of aryl methyl sites for hydroxylation is 1. The molecule has 1 aliphatic carbocycles. The van der Waals surface area contributed by atoms with E-state index in [2.05, 4.69) is 9.97 Å². The number of pyridine rings is 2. The van der Waals surface area contributed by atoms with Crippen molar-refractivity contribution < 1.29 is 27.1 Å². The molecule has 0 aromatic carbocycles. The fourth-order valence-corrected chi connectivity index (χ4v) is 5.17. The number of halogens is 3. The Morgan fingerprint density at radius 2 is 1.83 bits per heavy atom. The van der Waals surface area contributed by atoms with Crippen molar-refractivity contribution in [2.24, 2.45) is 7.05 Å². The van der Waals surface area contributed by atoms with Gasteiger partial charge in [0, 0.05) is 41.7 Å². The number of fused-ring (bicyclic) bond motifs is 1.